The third kappa shape index (κ3) is 6.27. The molecule has 38 heavy (non-hydrogen) atoms. The summed E-state index contributed by atoms with van der Waals surface area (Å²) in [7, 11) is 1.33. The second-order valence-electron chi connectivity index (χ2n) is 9.33. The highest BCUT2D eigenvalue weighted by Crippen LogP contribution is 2.33. The number of aromatic nitrogens is 2. The number of ether oxygens (including phenoxy) is 1. The lowest BCUT2D eigenvalue weighted by molar-refractivity contribution is -0.132. The molecule has 2 amide bonds. The number of hydrogen-bond donors (Lipinski definition) is 2. The minimum atomic E-state index is -0.527. The molecule has 2 aromatic heterocycles. The van der Waals surface area contributed by atoms with Crippen molar-refractivity contribution >= 4 is 45.9 Å². The van der Waals surface area contributed by atoms with Crippen molar-refractivity contribution in [3.05, 3.63) is 86.5 Å². The van der Waals surface area contributed by atoms with Gasteiger partial charge in [0.1, 0.15) is 5.82 Å². The molecule has 0 unspecified atom stereocenters. The number of aromatic amines is 1. The van der Waals surface area contributed by atoms with E-state index in [0.717, 1.165) is 40.4 Å². The summed E-state index contributed by atoms with van der Waals surface area (Å²) in [5.74, 6) is 0.800. The van der Waals surface area contributed by atoms with E-state index in [1.165, 1.54) is 16.2 Å². The Morgan fingerprint density at radius 1 is 1.13 bits per heavy atom. The van der Waals surface area contributed by atoms with Crippen LogP contribution in [0.3, 0.4) is 0 Å². The van der Waals surface area contributed by atoms with E-state index in [2.05, 4.69) is 86.4 Å². The Kier molecular flexibility index (Phi) is 8.43. The van der Waals surface area contributed by atoms with Crippen LogP contribution in [0.5, 0.6) is 0 Å². The smallest absolute Gasteiger partial charge is 0.407 e. The lowest BCUT2D eigenvalue weighted by Crippen LogP contribution is -2.41. The van der Waals surface area contributed by atoms with Gasteiger partial charge >= 0.3 is 6.09 Å². The summed E-state index contributed by atoms with van der Waals surface area (Å²) >= 11 is 3.92. The molecule has 196 valence electrons. The lowest BCUT2D eigenvalue weighted by Gasteiger charge is -2.26. The number of amides is 2. The molecule has 4 aromatic rings. The molecule has 1 aliphatic heterocycles. The molecule has 0 spiro atoms. The largest absolute Gasteiger partial charge is 0.453 e. The Morgan fingerprint density at radius 3 is 2.53 bits per heavy atom. The normalized spacial score (nSPS) is 15.8. The maximum Gasteiger partial charge on any atom is 0.407 e. The van der Waals surface area contributed by atoms with Crippen molar-refractivity contribution in [3.63, 3.8) is 0 Å². The molecule has 1 saturated heterocycles. The van der Waals surface area contributed by atoms with Crippen LogP contribution in [0.4, 0.5) is 4.79 Å². The zero-order chi connectivity index (χ0) is 26.5. The zero-order valence-electron chi connectivity index (χ0n) is 21.0. The standard InChI is InChI=1S/C29H29IN4O3S/c1-37-29(36)32-23(16-24-4-3-15-38-24)17-27(35)34-14-2-5-26(34)28-31-18-25(33-28)21-8-6-19(7-9-21)20-10-12-22(30)13-11-20/h3-4,6-13,15,18,23,26H,2,5,14,16-17H2,1H3,(H,31,33)(H,32,36)/t23-,26-/m0/s1. The van der Waals surface area contributed by atoms with Crippen molar-refractivity contribution in [1.82, 2.24) is 20.2 Å². The van der Waals surface area contributed by atoms with Crippen molar-refractivity contribution in [2.24, 2.45) is 0 Å². The molecule has 7 nitrogen and oxygen atoms in total. The summed E-state index contributed by atoms with van der Waals surface area (Å²) in [6.07, 6.45) is 3.87. The van der Waals surface area contributed by atoms with Crippen LogP contribution in [0.2, 0.25) is 0 Å². The SMILES string of the molecule is COC(=O)N[C@H](CC(=O)N1CCC[C@H]1c1ncc(-c2ccc(-c3ccc(I)cc3)cc2)[nH]1)Cc1cccs1. The highest BCUT2D eigenvalue weighted by molar-refractivity contribution is 14.1. The first kappa shape index (κ1) is 26.4. The molecule has 1 aliphatic rings. The van der Waals surface area contributed by atoms with E-state index in [1.807, 2.05) is 28.6 Å². The van der Waals surface area contributed by atoms with Crippen LogP contribution in [0.15, 0.2) is 72.2 Å². The minimum absolute atomic E-state index is 0.00489. The number of nitrogens with one attached hydrogen (secondary N) is 2. The molecule has 0 bridgehead atoms. The fraction of sp³-hybridized carbons (Fsp3) is 0.276. The van der Waals surface area contributed by atoms with E-state index in [4.69, 9.17) is 4.74 Å². The molecule has 2 atom stereocenters. The average molecular weight is 641 g/mol. The average Bonchev–Trinajstić information content (AvgIpc) is 3.71. The van der Waals surface area contributed by atoms with Crippen LogP contribution >= 0.6 is 33.9 Å². The Hall–Kier alpha value is -3.18. The fourth-order valence-electron chi connectivity index (χ4n) is 4.89. The molecular weight excluding hydrogens is 611 g/mol. The van der Waals surface area contributed by atoms with Crippen molar-refractivity contribution in [3.8, 4) is 22.4 Å². The van der Waals surface area contributed by atoms with Gasteiger partial charge in [-0.25, -0.2) is 9.78 Å². The molecule has 1 fully saturated rings. The number of hydrogen-bond acceptors (Lipinski definition) is 5. The monoisotopic (exact) mass is 640 g/mol. The molecule has 3 heterocycles. The maximum absolute atomic E-state index is 13.4. The van der Waals surface area contributed by atoms with Crippen LogP contribution in [-0.2, 0) is 16.0 Å². The number of methoxy groups -OCH3 is 1. The Bertz CT molecular complexity index is 1370. The molecule has 5 rings (SSSR count). The van der Waals surface area contributed by atoms with Gasteiger partial charge in [0.05, 0.1) is 25.0 Å². The number of halogens is 1. The van der Waals surface area contributed by atoms with Gasteiger partial charge in [-0.1, -0.05) is 42.5 Å². The van der Waals surface area contributed by atoms with Crippen molar-refractivity contribution < 1.29 is 14.3 Å². The van der Waals surface area contributed by atoms with Crippen LogP contribution in [0.25, 0.3) is 22.4 Å². The Labute approximate surface area is 239 Å². The van der Waals surface area contributed by atoms with Crippen LogP contribution in [0.1, 0.15) is 36.0 Å². The van der Waals surface area contributed by atoms with Crippen LogP contribution < -0.4 is 5.32 Å². The number of nitrogens with zero attached hydrogens (tertiary/aromatic N) is 2. The number of rotatable bonds is 8. The Morgan fingerprint density at radius 2 is 1.84 bits per heavy atom. The topological polar surface area (TPSA) is 87.3 Å². The Balaban J connectivity index is 1.27. The fourth-order valence-corrected chi connectivity index (χ4v) is 6.03. The molecule has 0 saturated carbocycles. The van der Waals surface area contributed by atoms with Gasteiger partial charge in [0.15, 0.2) is 0 Å². The van der Waals surface area contributed by atoms with Gasteiger partial charge in [0.2, 0.25) is 5.91 Å². The number of carbonyl (C=O) groups excluding carboxylic acids is 2. The van der Waals surface area contributed by atoms with E-state index in [9.17, 15) is 9.59 Å². The third-order valence-electron chi connectivity index (χ3n) is 6.81. The number of carbonyl (C=O) groups is 2. The first-order chi connectivity index (χ1) is 18.5. The highest BCUT2D eigenvalue weighted by Gasteiger charge is 2.33. The van der Waals surface area contributed by atoms with E-state index >= 15 is 0 Å². The van der Waals surface area contributed by atoms with Crippen molar-refractivity contribution in [2.45, 2.75) is 37.8 Å². The molecule has 0 aliphatic carbocycles. The molecular formula is C29H29IN4O3S. The number of benzene rings is 2. The van der Waals surface area contributed by atoms with Crippen LogP contribution in [-0.4, -0.2) is 46.6 Å². The van der Waals surface area contributed by atoms with Gasteiger partial charge in [-0.2, -0.15) is 0 Å². The first-order valence-corrected chi connectivity index (χ1v) is 14.5. The van der Waals surface area contributed by atoms with Crippen molar-refractivity contribution in [2.75, 3.05) is 13.7 Å². The van der Waals surface area contributed by atoms with E-state index in [0.29, 0.717) is 13.0 Å². The summed E-state index contributed by atoms with van der Waals surface area (Å²) in [5.41, 5.74) is 4.32. The van der Waals surface area contributed by atoms with Gasteiger partial charge < -0.3 is 19.9 Å². The molecule has 0 radical (unpaired) electrons. The summed E-state index contributed by atoms with van der Waals surface area (Å²) in [6.45, 7) is 0.675. The maximum atomic E-state index is 13.4. The zero-order valence-corrected chi connectivity index (χ0v) is 24.0. The van der Waals surface area contributed by atoms with E-state index in [-0.39, 0.29) is 24.4 Å². The summed E-state index contributed by atoms with van der Waals surface area (Å²) in [5, 5.41) is 4.83. The third-order valence-corrected chi connectivity index (χ3v) is 8.43. The van der Waals surface area contributed by atoms with Gasteiger partial charge in [-0.05, 0) is 75.7 Å². The number of H-pyrrole nitrogens is 1. The van der Waals surface area contributed by atoms with Gasteiger partial charge in [-0.15, -0.1) is 11.3 Å². The van der Waals surface area contributed by atoms with E-state index in [1.54, 1.807) is 11.3 Å². The van der Waals surface area contributed by atoms with Crippen molar-refractivity contribution in [1.29, 1.82) is 0 Å². The number of alkyl carbamates (subject to hydrolysis) is 1. The molecule has 2 N–H and O–H groups in total. The molecule has 9 heteroatoms. The quantitative estimate of drug-likeness (QED) is 0.218. The summed E-state index contributed by atoms with van der Waals surface area (Å²) in [4.78, 5) is 36.4. The predicted molar refractivity (Wildman–Crippen MR) is 158 cm³/mol. The minimum Gasteiger partial charge on any atom is -0.453 e. The van der Waals surface area contributed by atoms with E-state index < -0.39 is 6.09 Å². The number of thiophene rings is 1. The predicted octanol–water partition coefficient (Wildman–Crippen LogP) is 6.43. The first-order valence-electron chi connectivity index (χ1n) is 12.6. The lowest BCUT2D eigenvalue weighted by atomic mass is 10.0. The second kappa shape index (κ2) is 12.1. The summed E-state index contributed by atoms with van der Waals surface area (Å²) < 4.78 is 6.01. The van der Waals surface area contributed by atoms with Crippen LogP contribution in [0, 0.1) is 3.57 Å². The summed E-state index contributed by atoms with van der Waals surface area (Å²) in [6, 6.07) is 20.4. The highest BCUT2D eigenvalue weighted by atomic mass is 127. The molecule has 2 aromatic carbocycles. The number of imidazole rings is 1. The van der Waals surface area contributed by atoms with Gasteiger partial charge in [0.25, 0.3) is 0 Å². The van der Waals surface area contributed by atoms with Gasteiger partial charge in [-0.3, -0.25) is 4.79 Å². The second-order valence-corrected chi connectivity index (χ2v) is 11.6. The number of likely N-dealkylation sites (tertiary alicyclic amines) is 1. The van der Waals surface area contributed by atoms with Gasteiger partial charge in [0, 0.05) is 33.9 Å².